The van der Waals surface area contributed by atoms with E-state index in [2.05, 4.69) is 0 Å². The molecule has 4 heteroatoms. The van der Waals surface area contributed by atoms with Gasteiger partial charge in [0.1, 0.15) is 0 Å². The summed E-state index contributed by atoms with van der Waals surface area (Å²) in [6.07, 6.45) is 0. The van der Waals surface area contributed by atoms with Gasteiger partial charge in [-0.2, -0.15) is 0 Å². The number of rotatable bonds is 1. The van der Waals surface area contributed by atoms with Gasteiger partial charge in [-0.25, -0.2) is 0 Å². The summed E-state index contributed by atoms with van der Waals surface area (Å²) >= 11 is 0. The molecule has 1 saturated heterocycles. The van der Waals surface area contributed by atoms with Crippen molar-refractivity contribution in [1.29, 1.82) is 0 Å². The number of aliphatic hydroxyl groups excluding tert-OH is 1. The Balaban J connectivity index is 0.000000640. The minimum Gasteiger partial charge on any atom is -0.396 e. The Morgan fingerprint density at radius 3 is 2.44 bits per heavy atom. The van der Waals surface area contributed by atoms with Crippen molar-refractivity contribution in [2.75, 3.05) is 19.8 Å². The van der Waals surface area contributed by atoms with Crippen LogP contribution in [-0.4, -0.2) is 31.0 Å². The van der Waals surface area contributed by atoms with Crippen LogP contribution in [0, 0.1) is 5.92 Å². The van der Waals surface area contributed by atoms with Crippen LogP contribution in [0.4, 0.5) is 0 Å². The molecule has 2 atom stereocenters. The summed E-state index contributed by atoms with van der Waals surface area (Å²) in [7, 11) is 0. The maximum atomic E-state index is 8.58. The third-order valence-corrected chi connectivity index (χ3v) is 1.48. The van der Waals surface area contributed by atoms with E-state index in [-0.39, 0.29) is 31.0 Å². The van der Waals surface area contributed by atoms with Gasteiger partial charge in [0.25, 0.3) is 0 Å². The van der Waals surface area contributed by atoms with Gasteiger partial charge in [0, 0.05) is 18.6 Å². The van der Waals surface area contributed by atoms with Crippen LogP contribution in [0.2, 0.25) is 0 Å². The molecule has 0 aromatic rings. The van der Waals surface area contributed by atoms with Crippen molar-refractivity contribution in [1.82, 2.24) is 0 Å². The molecule has 1 heterocycles. The Hall–Kier alpha value is 0.170. The number of ether oxygens (including phenoxy) is 1. The van der Waals surface area contributed by atoms with Crippen LogP contribution >= 0.6 is 12.4 Å². The topological polar surface area (TPSA) is 55.5 Å². The molecule has 3 nitrogen and oxygen atoms in total. The van der Waals surface area contributed by atoms with Crippen LogP contribution in [0.5, 0.6) is 0 Å². The first-order valence-corrected chi connectivity index (χ1v) is 2.78. The standard InChI is InChI=1S/C5H11NO2.ClH/c6-5-3-8-2-4(5)1-7;/h4-5,7H,1-3,6H2;1H/t4-,5+;/m1./s1. The van der Waals surface area contributed by atoms with Crippen molar-refractivity contribution in [2.24, 2.45) is 11.7 Å². The first-order chi connectivity index (χ1) is 3.84. The molecule has 0 aromatic heterocycles. The number of nitrogens with two attached hydrogens (primary N) is 1. The lowest BCUT2D eigenvalue weighted by Gasteiger charge is -2.06. The van der Waals surface area contributed by atoms with Crippen molar-refractivity contribution in [3.8, 4) is 0 Å². The molecule has 0 aromatic carbocycles. The summed E-state index contributed by atoms with van der Waals surface area (Å²) in [4.78, 5) is 0. The largest absolute Gasteiger partial charge is 0.396 e. The molecule has 0 radical (unpaired) electrons. The van der Waals surface area contributed by atoms with Gasteiger partial charge in [-0.3, -0.25) is 0 Å². The normalized spacial score (nSPS) is 34.0. The molecule has 0 spiro atoms. The molecule has 0 aliphatic carbocycles. The van der Waals surface area contributed by atoms with Crippen LogP contribution in [0.1, 0.15) is 0 Å². The molecule has 1 rings (SSSR count). The molecule has 0 saturated carbocycles. The Kier molecular flexibility index (Phi) is 4.14. The zero-order valence-electron chi connectivity index (χ0n) is 5.12. The van der Waals surface area contributed by atoms with Crippen LogP contribution < -0.4 is 5.73 Å². The van der Waals surface area contributed by atoms with E-state index in [1.54, 1.807) is 0 Å². The molecule has 1 fully saturated rings. The summed E-state index contributed by atoms with van der Waals surface area (Å²) in [5.74, 6) is 0.176. The third kappa shape index (κ3) is 2.10. The highest BCUT2D eigenvalue weighted by atomic mass is 35.5. The van der Waals surface area contributed by atoms with Gasteiger partial charge in [0.05, 0.1) is 13.2 Å². The smallest absolute Gasteiger partial charge is 0.0622 e. The monoisotopic (exact) mass is 153 g/mol. The van der Waals surface area contributed by atoms with E-state index in [1.165, 1.54) is 0 Å². The molecule has 0 unspecified atom stereocenters. The van der Waals surface area contributed by atoms with Crippen LogP contribution in [0.3, 0.4) is 0 Å². The van der Waals surface area contributed by atoms with Crippen molar-refractivity contribution in [3.63, 3.8) is 0 Å². The van der Waals surface area contributed by atoms with E-state index in [0.29, 0.717) is 13.2 Å². The lowest BCUT2D eigenvalue weighted by Crippen LogP contribution is -2.30. The molecule has 9 heavy (non-hydrogen) atoms. The zero-order valence-corrected chi connectivity index (χ0v) is 5.93. The zero-order chi connectivity index (χ0) is 5.98. The first kappa shape index (κ1) is 9.17. The quantitative estimate of drug-likeness (QED) is 0.528. The highest BCUT2D eigenvalue weighted by Crippen LogP contribution is 2.09. The fourth-order valence-corrected chi connectivity index (χ4v) is 0.803. The van der Waals surface area contributed by atoms with Crippen molar-refractivity contribution >= 4 is 12.4 Å². The predicted molar refractivity (Wildman–Crippen MR) is 36.6 cm³/mol. The summed E-state index contributed by atoms with van der Waals surface area (Å²) < 4.78 is 4.98. The average Bonchev–Trinajstić information content (AvgIpc) is 2.14. The molecule has 0 bridgehead atoms. The van der Waals surface area contributed by atoms with Crippen molar-refractivity contribution in [3.05, 3.63) is 0 Å². The highest BCUT2D eigenvalue weighted by Gasteiger charge is 2.23. The second-order valence-corrected chi connectivity index (χ2v) is 2.14. The van der Waals surface area contributed by atoms with E-state index < -0.39 is 0 Å². The Morgan fingerprint density at radius 2 is 2.22 bits per heavy atom. The van der Waals surface area contributed by atoms with Gasteiger partial charge >= 0.3 is 0 Å². The molecule has 56 valence electrons. The summed E-state index contributed by atoms with van der Waals surface area (Å²) in [6, 6.07) is 0.0556. The molecule has 1 aliphatic rings. The van der Waals surface area contributed by atoms with E-state index in [0.717, 1.165) is 0 Å². The van der Waals surface area contributed by atoms with Crippen LogP contribution in [-0.2, 0) is 4.74 Å². The first-order valence-electron chi connectivity index (χ1n) is 2.78. The lowest BCUT2D eigenvalue weighted by atomic mass is 10.1. The SMILES string of the molecule is Cl.N[C@H]1COC[C@H]1CO. The fourth-order valence-electron chi connectivity index (χ4n) is 0.803. The van der Waals surface area contributed by atoms with E-state index in [1.807, 2.05) is 0 Å². The second-order valence-electron chi connectivity index (χ2n) is 2.14. The fraction of sp³-hybridized carbons (Fsp3) is 1.00. The molecular weight excluding hydrogens is 142 g/mol. The Morgan fingerprint density at radius 1 is 1.56 bits per heavy atom. The van der Waals surface area contributed by atoms with E-state index in [4.69, 9.17) is 15.6 Å². The molecule has 1 aliphatic heterocycles. The summed E-state index contributed by atoms with van der Waals surface area (Å²) in [5, 5.41) is 8.58. The second kappa shape index (κ2) is 4.06. The number of halogens is 1. The van der Waals surface area contributed by atoms with E-state index in [9.17, 15) is 0 Å². The molecule has 0 amide bonds. The third-order valence-electron chi connectivity index (χ3n) is 1.48. The number of hydrogen-bond donors (Lipinski definition) is 2. The maximum absolute atomic E-state index is 8.58. The molecular formula is C5H12ClNO2. The van der Waals surface area contributed by atoms with Crippen LogP contribution in [0.15, 0.2) is 0 Å². The average molecular weight is 154 g/mol. The van der Waals surface area contributed by atoms with Crippen molar-refractivity contribution in [2.45, 2.75) is 6.04 Å². The van der Waals surface area contributed by atoms with Gasteiger partial charge in [0.2, 0.25) is 0 Å². The Bertz CT molecular complexity index is 81.4. The minimum atomic E-state index is 0. The van der Waals surface area contributed by atoms with Gasteiger partial charge in [-0.05, 0) is 0 Å². The van der Waals surface area contributed by atoms with Gasteiger partial charge in [-0.15, -0.1) is 12.4 Å². The predicted octanol–water partition coefficient (Wildman–Crippen LogP) is -0.626. The van der Waals surface area contributed by atoms with E-state index >= 15 is 0 Å². The lowest BCUT2D eigenvalue weighted by molar-refractivity contribution is 0.161. The summed E-state index contributed by atoms with van der Waals surface area (Å²) in [5.41, 5.74) is 5.50. The highest BCUT2D eigenvalue weighted by molar-refractivity contribution is 5.85. The van der Waals surface area contributed by atoms with Gasteiger partial charge in [0.15, 0.2) is 0 Å². The van der Waals surface area contributed by atoms with Crippen molar-refractivity contribution < 1.29 is 9.84 Å². The summed E-state index contributed by atoms with van der Waals surface area (Å²) in [6.45, 7) is 1.38. The number of aliphatic hydroxyl groups is 1. The minimum absolute atomic E-state index is 0. The maximum Gasteiger partial charge on any atom is 0.0622 e. The van der Waals surface area contributed by atoms with Crippen LogP contribution in [0.25, 0.3) is 0 Å². The van der Waals surface area contributed by atoms with Gasteiger partial charge < -0.3 is 15.6 Å². The van der Waals surface area contributed by atoms with Gasteiger partial charge in [-0.1, -0.05) is 0 Å². The molecule has 3 N–H and O–H groups in total. The Labute approximate surface area is 60.6 Å². The number of hydrogen-bond acceptors (Lipinski definition) is 3.